The van der Waals surface area contributed by atoms with E-state index in [1.807, 2.05) is 18.3 Å². The lowest BCUT2D eigenvalue weighted by atomic mass is 10.0. The van der Waals surface area contributed by atoms with E-state index in [0.717, 1.165) is 44.2 Å². The molecule has 0 unspecified atom stereocenters. The van der Waals surface area contributed by atoms with Crippen molar-refractivity contribution in [2.75, 3.05) is 13.1 Å². The number of hydrogen-bond acceptors (Lipinski definition) is 4. The molecule has 1 fully saturated rings. The monoisotopic (exact) mass is 349 g/mol. The summed E-state index contributed by atoms with van der Waals surface area (Å²) < 4.78 is 14.2. The van der Waals surface area contributed by atoms with Crippen LogP contribution >= 0.6 is 0 Å². The van der Waals surface area contributed by atoms with Crippen molar-refractivity contribution in [3.05, 3.63) is 66.0 Å². The van der Waals surface area contributed by atoms with E-state index in [1.54, 1.807) is 6.26 Å². The number of hydrogen-bond donors (Lipinski definition) is 0. The number of aromatic nitrogens is 2. The van der Waals surface area contributed by atoms with Crippen LogP contribution in [0.2, 0.25) is 0 Å². The van der Waals surface area contributed by atoms with Crippen molar-refractivity contribution < 1.29 is 9.15 Å². The standard InChI is InChI=1S/C21H23N3O2/c1-16-4-2-5-17(10-16)19-11-22-20-13-26-21(15-24(19)20)7-8-23(14-21)12-18-6-3-9-25-18/h2-6,9-11H,7-8,12-15H2,1H3/t21-/m0/s1. The van der Waals surface area contributed by atoms with E-state index in [9.17, 15) is 0 Å². The van der Waals surface area contributed by atoms with Gasteiger partial charge in [-0.1, -0.05) is 23.8 Å². The minimum absolute atomic E-state index is 0.126. The zero-order valence-corrected chi connectivity index (χ0v) is 15.0. The SMILES string of the molecule is Cc1cccc(-c2cnc3n2C[C@@]2(CCN(Cc4ccco4)C2)OC3)c1. The van der Waals surface area contributed by atoms with Crippen molar-refractivity contribution >= 4 is 0 Å². The fraction of sp³-hybridized carbons (Fsp3) is 0.381. The number of ether oxygens (including phenoxy) is 1. The molecule has 1 saturated heterocycles. The van der Waals surface area contributed by atoms with Gasteiger partial charge in [0, 0.05) is 18.7 Å². The van der Waals surface area contributed by atoms with E-state index >= 15 is 0 Å². The fourth-order valence-corrected chi connectivity index (χ4v) is 4.22. The van der Waals surface area contributed by atoms with Crippen LogP contribution in [0.25, 0.3) is 11.3 Å². The molecular formula is C21H23N3O2. The Kier molecular flexibility index (Phi) is 3.72. The van der Waals surface area contributed by atoms with Crippen LogP contribution in [0.3, 0.4) is 0 Å². The van der Waals surface area contributed by atoms with Gasteiger partial charge in [0.15, 0.2) is 0 Å². The van der Waals surface area contributed by atoms with Crippen LogP contribution in [0.4, 0.5) is 0 Å². The number of furan rings is 1. The van der Waals surface area contributed by atoms with Gasteiger partial charge in [-0.25, -0.2) is 4.98 Å². The molecule has 5 nitrogen and oxygen atoms in total. The first-order valence-corrected chi connectivity index (χ1v) is 9.21. The second kappa shape index (κ2) is 6.11. The normalized spacial score (nSPS) is 22.8. The smallest absolute Gasteiger partial charge is 0.135 e. The van der Waals surface area contributed by atoms with Crippen molar-refractivity contribution in [3.63, 3.8) is 0 Å². The van der Waals surface area contributed by atoms with Crippen LogP contribution in [0.15, 0.2) is 53.3 Å². The third-order valence-electron chi connectivity index (χ3n) is 5.56. The molecule has 2 aliphatic rings. The number of nitrogens with zero attached hydrogens (tertiary/aromatic N) is 3. The molecule has 3 aromatic rings. The Balaban J connectivity index is 1.39. The van der Waals surface area contributed by atoms with Gasteiger partial charge in [-0.2, -0.15) is 0 Å². The predicted molar refractivity (Wildman–Crippen MR) is 98.5 cm³/mol. The maximum Gasteiger partial charge on any atom is 0.135 e. The summed E-state index contributed by atoms with van der Waals surface area (Å²) in [7, 11) is 0. The van der Waals surface area contributed by atoms with Gasteiger partial charge in [-0.3, -0.25) is 4.90 Å². The minimum Gasteiger partial charge on any atom is -0.468 e. The lowest BCUT2D eigenvalue weighted by Gasteiger charge is -2.35. The zero-order valence-electron chi connectivity index (χ0n) is 15.0. The van der Waals surface area contributed by atoms with Gasteiger partial charge in [0.25, 0.3) is 0 Å². The lowest BCUT2D eigenvalue weighted by molar-refractivity contribution is -0.0823. The Morgan fingerprint density at radius 2 is 2.15 bits per heavy atom. The summed E-state index contributed by atoms with van der Waals surface area (Å²) in [6.07, 6.45) is 4.77. The van der Waals surface area contributed by atoms with E-state index < -0.39 is 0 Å². The van der Waals surface area contributed by atoms with Crippen LogP contribution < -0.4 is 0 Å². The minimum atomic E-state index is -0.126. The molecule has 1 aromatic carbocycles. The number of rotatable bonds is 3. The summed E-state index contributed by atoms with van der Waals surface area (Å²) in [6, 6.07) is 12.6. The second-order valence-corrected chi connectivity index (χ2v) is 7.53. The van der Waals surface area contributed by atoms with Crippen LogP contribution in [-0.4, -0.2) is 33.1 Å². The number of aryl methyl sites for hydroxylation is 1. The molecule has 134 valence electrons. The number of fused-ring (bicyclic) bond motifs is 1. The van der Waals surface area contributed by atoms with Gasteiger partial charge in [0.2, 0.25) is 0 Å². The quantitative estimate of drug-likeness (QED) is 0.724. The molecule has 1 spiro atoms. The highest BCUT2D eigenvalue weighted by Crippen LogP contribution is 2.35. The largest absolute Gasteiger partial charge is 0.468 e. The van der Waals surface area contributed by atoms with E-state index in [2.05, 4.69) is 45.6 Å². The number of benzene rings is 1. The predicted octanol–water partition coefficient (Wildman–Crippen LogP) is 3.63. The first-order chi connectivity index (χ1) is 12.7. The number of likely N-dealkylation sites (tertiary alicyclic amines) is 1. The first kappa shape index (κ1) is 15.9. The Hall–Kier alpha value is -2.37. The third-order valence-corrected chi connectivity index (χ3v) is 5.56. The highest BCUT2D eigenvalue weighted by atomic mass is 16.5. The average molecular weight is 349 g/mol. The molecule has 0 bridgehead atoms. The van der Waals surface area contributed by atoms with E-state index in [0.29, 0.717) is 6.61 Å². The Morgan fingerprint density at radius 1 is 1.19 bits per heavy atom. The lowest BCUT2D eigenvalue weighted by Crippen LogP contribution is -2.44. The van der Waals surface area contributed by atoms with E-state index in [4.69, 9.17) is 9.15 Å². The van der Waals surface area contributed by atoms with Gasteiger partial charge >= 0.3 is 0 Å². The molecule has 1 atom stereocenters. The van der Waals surface area contributed by atoms with Crippen LogP contribution in [-0.2, 0) is 24.4 Å². The molecule has 5 heteroatoms. The Labute approximate surface area is 153 Å². The maximum atomic E-state index is 6.32. The van der Waals surface area contributed by atoms with Crippen molar-refractivity contribution in [1.29, 1.82) is 0 Å². The summed E-state index contributed by atoms with van der Waals surface area (Å²) in [5, 5.41) is 0. The summed E-state index contributed by atoms with van der Waals surface area (Å²) in [5.41, 5.74) is 3.56. The van der Waals surface area contributed by atoms with Crippen molar-refractivity contribution in [2.45, 2.75) is 38.6 Å². The van der Waals surface area contributed by atoms with Crippen LogP contribution in [0.1, 0.15) is 23.6 Å². The van der Waals surface area contributed by atoms with Gasteiger partial charge < -0.3 is 13.7 Å². The summed E-state index contributed by atoms with van der Waals surface area (Å²) in [4.78, 5) is 7.03. The third kappa shape index (κ3) is 2.77. The zero-order chi connectivity index (χ0) is 17.6. The molecule has 5 rings (SSSR count). The Morgan fingerprint density at radius 3 is 3.00 bits per heavy atom. The molecule has 0 amide bonds. The highest BCUT2D eigenvalue weighted by molar-refractivity contribution is 5.60. The Bertz CT molecular complexity index is 915. The number of imidazole rings is 1. The average Bonchev–Trinajstić information content (AvgIpc) is 3.36. The van der Waals surface area contributed by atoms with Crippen molar-refractivity contribution in [3.8, 4) is 11.3 Å². The topological polar surface area (TPSA) is 43.4 Å². The molecule has 2 aliphatic heterocycles. The van der Waals surface area contributed by atoms with Gasteiger partial charge in [0.05, 0.1) is 31.2 Å². The summed E-state index contributed by atoms with van der Waals surface area (Å²) >= 11 is 0. The molecule has 26 heavy (non-hydrogen) atoms. The molecule has 4 heterocycles. The molecule has 0 N–H and O–H groups in total. The highest BCUT2D eigenvalue weighted by Gasteiger charge is 2.43. The maximum absolute atomic E-state index is 6.32. The molecule has 2 aromatic heterocycles. The van der Waals surface area contributed by atoms with Crippen molar-refractivity contribution in [1.82, 2.24) is 14.5 Å². The first-order valence-electron chi connectivity index (χ1n) is 9.21. The van der Waals surface area contributed by atoms with Crippen LogP contribution in [0.5, 0.6) is 0 Å². The molecule has 0 saturated carbocycles. The van der Waals surface area contributed by atoms with Gasteiger partial charge in [-0.05, 0) is 31.5 Å². The second-order valence-electron chi connectivity index (χ2n) is 7.53. The summed E-state index contributed by atoms with van der Waals surface area (Å²) in [6.45, 7) is 6.38. The summed E-state index contributed by atoms with van der Waals surface area (Å²) in [5.74, 6) is 2.04. The van der Waals surface area contributed by atoms with Gasteiger partial charge in [-0.15, -0.1) is 0 Å². The van der Waals surface area contributed by atoms with Crippen molar-refractivity contribution in [2.24, 2.45) is 0 Å². The molecule has 0 radical (unpaired) electrons. The van der Waals surface area contributed by atoms with Gasteiger partial charge in [0.1, 0.15) is 23.8 Å². The van der Waals surface area contributed by atoms with E-state index in [-0.39, 0.29) is 5.60 Å². The molecular weight excluding hydrogens is 326 g/mol. The molecule has 0 aliphatic carbocycles. The fourth-order valence-electron chi connectivity index (χ4n) is 4.22. The van der Waals surface area contributed by atoms with Crippen LogP contribution in [0, 0.1) is 6.92 Å². The van der Waals surface area contributed by atoms with E-state index in [1.165, 1.54) is 16.8 Å².